The smallest absolute Gasteiger partial charge is 0.353 e. The molecule has 0 aromatic carbocycles. The molecule has 3 N–H and O–H groups in total. The minimum atomic E-state index is -0.505. The summed E-state index contributed by atoms with van der Waals surface area (Å²) in [6, 6.07) is 0. The van der Waals surface area contributed by atoms with Crippen LogP contribution in [-0.2, 0) is 0 Å². The number of hydrogen-bond donors (Lipinski definition) is 2. The molecule has 1 aliphatic heterocycles. The summed E-state index contributed by atoms with van der Waals surface area (Å²) in [4.78, 5) is 20.8. The molecule has 1 aliphatic rings. The lowest BCUT2D eigenvalue weighted by atomic mass is 10.2. The molecule has 2 rings (SSSR count). The van der Waals surface area contributed by atoms with Crippen molar-refractivity contribution >= 4 is 23.3 Å². The van der Waals surface area contributed by atoms with E-state index in [-0.39, 0.29) is 11.5 Å². The van der Waals surface area contributed by atoms with E-state index < -0.39 is 4.92 Å². The van der Waals surface area contributed by atoms with Gasteiger partial charge in [0.1, 0.15) is 0 Å². The number of nitro groups is 1. The Bertz CT molecular complexity index is 499. The number of rotatable bonds is 5. The summed E-state index contributed by atoms with van der Waals surface area (Å²) in [5, 5.41) is 14.2. The van der Waals surface area contributed by atoms with Gasteiger partial charge < -0.3 is 16.0 Å². The lowest BCUT2D eigenvalue weighted by Gasteiger charge is -2.18. The van der Waals surface area contributed by atoms with Crippen LogP contribution in [-0.4, -0.2) is 34.5 Å². The van der Waals surface area contributed by atoms with Crippen LogP contribution in [0.3, 0.4) is 0 Å². The van der Waals surface area contributed by atoms with Gasteiger partial charge in [0.15, 0.2) is 0 Å². The summed E-state index contributed by atoms with van der Waals surface area (Å²) < 4.78 is 0. The highest BCUT2D eigenvalue weighted by Gasteiger charge is 2.28. The van der Waals surface area contributed by atoms with Gasteiger partial charge >= 0.3 is 5.69 Å². The van der Waals surface area contributed by atoms with Gasteiger partial charge in [-0.2, -0.15) is 9.97 Å². The van der Waals surface area contributed by atoms with Gasteiger partial charge in [-0.05, 0) is 18.8 Å². The maximum Gasteiger partial charge on any atom is 0.353 e. The zero-order valence-corrected chi connectivity index (χ0v) is 11.8. The van der Waals surface area contributed by atoms with Crippen LogP contribution in [0.15, 0.2) is 0 Å². The van der Waals surface area contributed by atoms with E-state index in [1.54, 1.807) is 0 Å². The number of nitrogen functional groups attached to an aromatic ring is 1. The van der Waals surface area contributed by atoms with E-state index in [4.69, 9.17) is 5.73 Å². The molecule has 1 aromatic rings. The minimum absolute atomic E-state index is 0.0850. The van der Waals surface area contributed by atoms with E-state index >= 15 is 0 Å². The molecule has 1 aromatic heterocycles. The minimum Gasteiger partial charge on any atom is -0.378 e. The van der Waals surface area contributed by atoms with Gasteiger partial charge in [-0.25, -0.2) is 0 Å². The van der Waals surface area contributed by atoms with Gasteiger partial charge in [0.2, 0.25) is 17.6 Å². The van der Waals surface area contributed by atoms with Gasteiger partial charge in [-0.15, -0.1) is 0 Å². The first-order chi connectivity index (χ1) is 9.49. The van der Waals surface area contributed by atoms with E-state index in [2.05, 4.69) is 29.1 Å². The highest BCUT2D eigenvalue weighted by molar-refractivity contribution is 5.71. The second-order valence-corrected chi connectivity index (χ2v) is 5.33. The summed E-state index contributed by atoms with van der Waals surface area (Å²) in [5.74, 6) is 1.01. The van der Waals surface area contributed by atoms with Crippen molar-refractivity contribution in [2.24, 2.45) is 5.92 Å². The molecule has 0 saturated carbocycles. The molecule has 0 atom stereocenters. The van der Waals surface area contributed by atoms with Crippen LogP contribution in [0.4, 0.5) is 23.3 Å². The molecule has 0 amide bonds. The van der Waals surface area contributed by atoms with Crippen LogP contribution in [0.5, 0.6) is 0 Å². The van der Waals surface area contributed by atoms with Crippen molar-refractivity contribution < 1.29 is 4.92 Å². The number of nitrogens with one attached hydrogen (secondary N) is 1. The van der Waals surface area contributed by atoms with Gasteiger partial charge in [-0.3, -0.25) is 10.1 Å². The first-order valence-corrected chi connectivity index (χ1v) is 6.79. The third kappa shape index (κ3) is 3.06. The van der Waals surface area contributed by atoms with Gasteiger partial charge in [-0.1, -0.05) is 13.8 Å². The highest BCUT2D eigenvalue weighted by Crippen LogP contribution is 2.33. The molecule has 20 heavy (non-hydrogen) atoms. The highest BCUT2D eigenvalue weighted by atomic mass is 16.6. The topological polar surface area (TPSA) is 110 Å². The lowest BCUT2D eigenvalue weighted by Crippen LogP contribution is -2.22. The van der Waals surface area contributed by atoms with Gasteiger partial charge in [0.05, 0.1) is 4.92 Å². The maximum absolute atomic E-state index is 11.2. The van der Waals surface area contributed by atoms with Crippen LogP contribution >= 0.6 is 0 Å². The predicted molar refractivity (Wildman–Crippen MR) is 77.9 cm³/mol. The number of hydrogen-bond acceptors (Lipinski definition) is 7. The molecule has 8 heteroatoms. The van der Waals surface area contributed by atoms with Crippen molar-refractivity contribution in [3.8, 4) is 0 Å². The van der Waals surface area contributed by atoms with E-state index in [1.165, 1.54) is 0 Å². The molecular weight excluding hydrogens is 260 g/mol. The van der Waals surface area contributed by atoms with Crippen molar-refractivity contribution in [2.75, 3.05) is 35.6 Å². The number of aromatic nitrogens is 2. The number of nitrogens with two attached hydrogens (primary N) is 1. The molecule has 1 saturated heterocycles. The SMILES string of the molecule is CC(C)CNc1nc(N)c([N+](=O)[O-])c(N2CCCC2)n1. The zero-order valence-electron chi connectivity index (χ0n) is 11.8. The third-order valence-electron chi connectivity index (χ3n) is 3.15. The Morgan fingerprint density at radius 2 is 2.05 bits per heavy atom. The van der Waals surface area contributed by atoms with E-state index in [1.807, 2.05) is 4.90 Å². The van der Waals surface area contributed by atoms with Crippen molar-refractivity contribution in [3.63, 3.8) is 0 Å². The molecule has 0 bridgehead atoms. The largest absolute Gasteiger partial charge is 0.378 e. The van der Waals surface area contributed by atoms with E-state index in [0.717, 1.165) is 25.9 Å². The second kappa shape index (κ2) is 5.89. The Hall–Kier alpha value is -2.12. The summed E-state index contributed by atoms with van der Waals surface area (Å²) in [6.45, 7) is 6.34. The Labute approximate surface area is 117 Å². The van der Waals surface area contributed by atoms with Crippen LogP contribution in [0.2, 0.25) is 0 Å². The first kappa shape index (κ1) is 14.3. The Balaban J connectivity index is 2.35. The van der Waals surface area contributed by atoms with Crippen LogP contribution in [0.25, 0.3) is 0 Å². The van der Waals surface area contributed by atoms with Gasteiger partial charge in [0, 0.05) is 19.6 Å². The average molecular weight is 280 g/mol. The maximum atomic E-state index is 11.2. The molecule has 1 fully saturated rings. The van der Waals surface area contributed by atoms with Crippen molar-refractivity contribution in [3.05, 3.63) is 10.1 Å². The standard InChI is InChI=1S/C12H20N6O2/c1-8(2)7-14-12-15-10(13)9(18(19)20)11(16-12)17-5-3-4-6-17/h8H,3-7H2,1-2H3,(H3,13,14,15,16). The molecule has 0 unspecified atom stereocenters. The number of anilines is 3. The molecule has 0 aliphatic carbocycles. The third-order valence-corrected chi connectivity index (χ3v) is 3.15. The van der Waals surface area contributed by atoms with Crippen LogP contribution < -0.4 is 16.0 Å². The Morgan fingerprint density at radius 1 is 1.40 bits per heavy atom. The van der Waals surface area contributed by atoms with Crippen LogP contribution in [0, 0.1) is 16.0 Å². The summed E-state index contributed by atoms with van der Waals surface area (Å²) in [7, 11) is 0. The quantitative estimate of drug-likeness (QED) is 0.623. The fourth-order valence-electron chi connectivity index (χ4n) is 2.16. The van der Waals surface area contributed by atoms with Crippen molar-refractivity contribution in [1.29, 1.82) is 0 Å². The van der Waals surface area contributed by atoms with Crippen molar-refractivity contribution in [2.45, 2.75) is 26.7 Å². The molecule has 0 radical (unpaired) electrons. The molecule has 0 spiro atoms. The Morgan fingerprint density at radius 3 is 2.60 bits per heavy atom. The fourth-order valence-corrected chi connectivity index (χ4v) is 2.16. The average Bonchev–Trinajstić information content (AvgIpc) is 2.88. The van der Waals surface area contributed by atoms with E-state index in [9.17, 15) is 10.1 Å². The zero-order chi connectivity index (χ0) is 14.7. The van der Waals surface area contributed by atoms with Crippen LogP contribution in [0.1, 0.15) is 26.7 Å². The van der Waals surface area contributed by atoms with Gasteiger partial charge in [0.25, 0.3) is 0 Å². The predicted octanol–water partition coefficient (Wildman–Crippen LogP) is 1.64. The normalized spacial score (nSPS) is 14.8. The summed E-state index contributed by atoms with van der Waals surface area (Å²) in [6.07, 6.45) is 2.02. The second-order valence-electron chi connectivity index (χ2n) is 5.33. The molecule has 110 valence electrons. The summed E-state index contributed by atoms with van der Waals surface area (Å²) >= 11 is 0. The summed E-state index contributed by atoms with van der Waals surface area (Å²) in [5.41, 5.74) is 5.55. The fraction of sp³-hybridized carbons (Fsp3) is 0.667. The molecular formula is C12H20N6O2. The first-order valence-electron chi connectivity index (χ1n) is 6.79. The molecule has 8 nitrogen and oxygen atoms in total. The van der Waals surface area contributed by atoms with Crippen molar-refractivity contribution in [1.82, 2.24) is 9.97 Å². The van der Waals surface area contributed by atoms with E-state index in [0.29, 0.717) is 24.2 Å². The number of nitrogens with zero attached hydrogens (tertiary/aromatic N) is 4. The monoisotopic (exact) mass is 280 g/mol. The lowest BCUT2D eigenvalue weighted by molar-refractivity contribution is -0.383. The Kier molecular flexibility index (Phi) is 4.21. The molecule has 2 heterocycles.